The number of ether oxygens (including phenoxy) is 2. The molecule has 10 heteroatoms. The fourth-order valence-corrected chi connectivity index (χ4v) is 8.70. The van der Waals surface area contributed by atoms with E-state index in [-0.39, 0.29) is 32.6 Å². The molecule has 0 saturated carbocycles. The molecule has 0 aromatic heterocycles. The van der Waals surface area contributed by atoms with Crippen LogP contribution in [0.15, 0.2) is 207 Å². The lowest BCUT2D eigenvalue weighted by Crippen LogP contribution is -2.29. The predicted octanol–water partition coefficient (Wildman–Crippen LogP) is 21.5. The van der Waals surface area contributed by atoms with Crippen molar-refractivity contribution in [2.45, 2.75) is 225 Å². The van der Waals surface area contributed by atoms with Gasteiger partial charge >= 0.3 is 19.8 Å². The molecule has 0 spiro atoms. The fourth-order valence-electron chi connectivity index (χ4n) is 7.94. The first-order chi connectivity index (χ1) is 41.8. The van der Waals surface area contributed by atoms with Gasteiger partial charge in [0.2, 0.25) is 0 Å². The van der Waals surface area contributed by atoms with Crippen molar-refractivity contribution in [3.63, 3.8) is 0 Å². The van der Waals surface area contributed by atoms with Crippen molar-refractivity contribution >= 4 is 19.8 Å². The van der Waals surface area contributed by atoms with Crippen LogP contribution in [-0.2, 0) is 32.7 Å². The molecule has 0 aliphatic carbocycles. The van der Waals surface area contributed by atoms with E-state index in [0.717, 1.165) is 161 Å². The Kier molecular flexibility index (Phi) is 63.4. The van der Waals surface area contributed by atoms with Gasteiger partial charge in [-0.05, 0) is 148 Å². The Balaban J connectivity index is 4.11. The van der Waals surface area contributed by atoms with Crippen molar-refractivity contribution in [1.82, 2.24) is 0 Å². The molecular weight excluding hydrogens is 1070 g/mol. The van der Waals surface area contributed by atoms with Gasteiger partial charge in [-0.25, -0.2) is 4.57 Å². The second-order valence-corrected chi connectivity index (χ2v) is 22.0. The average molecular weight is 1190 g/mol. The summed E-state index contributed by atoms with van der Waals surface area (Å²) in [5.74, 6) is -0.888. The van der Waals surface area contributed by atoms with Crippen LogP contribution in [0.2, 0.25) is 0 Å². The first-order valence-electron chi connectivity index (χ1n) is 32.6. The zero-order valence-corrected chi connectivity index (χ0v) is 53.9. The van der Waals surface area contributed by atoms with Crippen LogP contribution >= 0.6 is 7.82 Å². The zero-order chi connectivity index (χ0) is 61.6. The van der Waals surface area contributed by atoms with Crippen LogP contribution in [0.5, 0.6) is 0 Å². The van der Waals surface area contributed by atoms with Gasteiger partial charge in [-0.15, -0.1) is 0 Å². The van der Waals surface area contributed by atoms with Gasteiger partial charge in [-0.1, -0.05) is 265 Å². The molecule has 0 amide bonds. The largest absolute Gasteiger partial charge is 0.472 e. The lowest BCUT2D eigenvalue weighted by Gasteiger charge is -2.19. The summed E-state index contributed by atoms with van der Waals surface area (Å²) in [5.41, 5.74) is 5.39. The summed E-state index contributed by atoms with van der Waals surface area (Å²) in [4.78, 5) is 35.3. The van der Waals surface area contributed by atoms with E-state index in [9.17, 15) is 19.0 Å². The molecule has 2 atom stereocenters. The van der Waals surface area contributed by atoms with Crippen LogP contribution < -0.4 is 5.73 Å². The van der Waals surface area contributed by atoms with Crippen molar-refractivity contribution in [2.24, 2.45) is 5.73 Å². The molecule has 0 fully saturated rings. The SMILES string of the molecule is CC/C=C\C/C=C\C/C=C\C/C=C\C/C=C\C/C=C\C/C=C\C/C=C\C/C=C\C/C=C\CCCCCCC(=O)OC(COC(=O)CCCCCCCCC/C=C\C/C=C\C/C=C\C/C=C\C/C=C\C/C=C\C/C=C\CC)COP(=O)(O)OCCN. The number of carbonyl (C=O) groups is 2. The Morgan fingerprint density at radius 2 is 0.612 bits per heavy atom. The van der Waals surface area contributed by atoms with Crippen molar-refractivity contribution in [2.75, 3.05) is 26.4 Å². The Morgan fingerprint density at radius 1 is 0.353 bits per heavy atom. The third-order valence-electron chi connectivity index (χ3n) is 12.7. The highest BCUT2D eigenvalue weighted by molar-refractivity contribution is 7.47. The number of unbranched alkanes of at least 4 members (excludes halogenated alkanes) is 11. The minimum absolute atomic E-state index is 0.0350. The molecule has 0 aliphatic heterocycles. The van der Waals surface area contributed by atoms with Gasteiger partial charge in [-0.2, -0.15) is 0 Å². The van der Waals surface area contributed by atoms with E-state index in [1.807, 2.05) is 0 Å². The number of hydrogen-bond acceptors (Lipinski definition) is 8. The fraction of sp³-hybridized carbons (Fsp3) is 0.520. The van der Waals surface area contributed by atoms with E-state index in [2.05, 4.69) is 220 Å². The molecule has 0 heterocycles. The molecule has 0 aliphatic rings. The third-order valence-corrected chi connectivity index (χ3v) is 13.6. The maximum Gasteiger partial charge on any atom is 0.472 e. The highest BCUT2D eigenvalue weighted by Crippen LogP contribution is 2.43. The predicted molar refractivity (Wildman–Crippen MR) is 366 cm³/mol. The van der Waals surface area contributed by atoms with Gasteiger partial charge < -0.3 is 20.1 Å². The number of phosphoric acid groups is 1. The molecule has 0 aromatic rings. The zero-order valence-electron chi connectivity index (χ0n) is 53.0. The van der Waals surface area contributed by atoms with Crippen molar-refractivity contribution < 1.29 is 37.6 Å². The summed E-state index contributed by atoms with van der Waals surface area (Å²) in [5, 5.41) is 0. The van der Waals surface area contributed by atoms with Crippen LogP contribution in [0.1, 0.15) is 219 Å². The second-order valence-electron chi connectivity index (χ2n) is 20.5. The summed E-state index contributed by atoms with van der Waals surface area (Å²) in [6.45, 7) is 3.44. The summed E-state index contributed by atoms with van der Waals surface area (Å²) >= 11 is 0. The number of nitrogens with two attached hydrogens (primary N) is 1. The van der Waals surface area contributed by atoms with Gasteiger partial charge in [0.25, 0.3) is 0 Å². The molecule has 2 unspecified atom stereocenters. The summed E-state index contributed by atoms with van der Waals surface area (Å²) < 4.78 is 33.1. The molecular formula is C75H116NO8P. The quantitative estimate of drug-likeness (QED) is 0.0264. The smallest absolute Gasteiger partial charge is 0.462 e. The van der Waals surface area contributed by atoms with E-state index < -0.39 is 32.5 Å². The monoisotopic (exact) mass is 1190 g/mol. The van der Waals surface area contributed by atoms with Gasteiger partial charge in [0.05, 0.1) is 13.2 Å². The average Bonchev–Trinajstić information content (AvgIpc) is 3.52. The second kappa shape index (κ2) is 67.7. The number of esters is 2. The van der Waals surface area contributed by atoms with E-state index in [1.54, 1.807) is 0 Å². The third kappa shape index (κ3) is 67.6. The van der Waals surface area contributed by atoms with E-state index in [1.165, 1.54) is 19.3 Å². The minimum Gasteiger partial charge on any atom is -0.462 e. The van der Waals surface area contributed by atoms with Gasteiger partial charge in [-0.3, -0.25) is 18.6 Å². The van der Waals surface area contributed by atoms with Gasteiger partial charge in [0, 0.05) is 19.4 Å². The number of rotatable bonds is 58. The maximum absolute atomic E-state index is 12.7. The van der Waals surface area contributed by atoms with Crippen molar-refractivity contribution in [1.29, 1.82) is 0 Å². The lowest BCUT2D eigenvalue weighted by atomic mass is 10.1. The van der Waals surface area contributed by atoms with Crippen LogP contribution in [0.3, 0.4) is 0 Å². The molecule has 0 radical (unpaired) electrons. The van der Waals surface area contributed by atoms with Crippen molar-refractivity contribution in [3.05, 3.63) is 207 Å². The maximum atomic E-state index is 12.7. The van der Waals surface area contributed by atoms with E-state index in [4.69, 9.17) is 24.3 Å². The minimum atomic E-state index is -4.42. The first kappa shape index (κ1) is 79.6. The number of hydrogen-bond donors (Lipinski definition) is 2. The highest BCUT2D eigenvalue weighted by Gasteiger charge is 2.26. The van der Waals surface area contributed by atoms with Crippen LogP contribution in [0.25, 0.3) is 0 Å². The van der Waals surface area contributed by atoms with Crippen LogP contribution in [-0.4, -0.2) is 49.3 Å². The van der Waals surface area contributed by atoms with Crippen LogP contribution in [0.4, 0.5) is 0 Å². The molecule has 0 rings (SSSR count). The standard InChI is InChI=1S/C75H116NO8P/c1-3-5-7-9-11-13-15-17-19-21-23-25-27-29-31-33-34-35-36-37-38-40-42-44-46-48-50-52-54-56-58-60-62-64-66-68-75(78)84-73(72-83-85(79,80)82-70-69-76)71-81-74(77)67-65-63-61-59-57-55-53-51-49-47-45-43-41-39-32-30-28-26-24-22-20-18-16-14-12-10-8-6-4-2/h5-8,11-14,17-20,23-26,29-32,34-35,37-38,41-44,47-50,54,56,73H,3-4,9-10,15-16,21-22,27-28,33,36,39-40,45-46,51-53,55,57-72,76H2,1-2H3,(H,79,80)/b7-5-,8-6-,13-11-,14-12-,19-17-,20-18-,25-23-,26-24-,31-29-,32-30-,35-34-,38-37-,43-41-,44-42-,49-47-,50-48-,56-54-. The summed E-state index contributed by atoms with van der Waals surface area (Å²) in [7, 11) is -4.42. The molecule has 3 N–H and O–H groups in total. The molecule has 0 aromatic carbocycles. The normalized spacial score (nSPS) is 14.4. The molecule has 85 heavy (non-hydrogen) atoms. The lowest BCUT2D eigenvalue weighted by molar-refractivity contribution is -0.161. The summed E-state index contributed by atoms with van der Waals surface area (Å²) in [6.07, 6.45) is 105. The Morgan fingerprint density at radius 3 is 0.906 bits per heavy atom. The molecule has 9 nitrogen and oxygen atoms in total. The number of phosphoric ester groups is 1. The first-order valence-corrected chi connectivity index (χ1v) is 34.1. The topological polar surface area (TPSA) is 134 Å². The molecule has 0 saturated heterocycles. The van der Waals surface area contributed by atoms with Crippen molar-refractivity contribution in [3.8, 4) is 0 Å². The Hall–Kier alpha value is -5.41. The number of carbonyl (C=O) groups excluding carboxylic acids is 2. The van der Waals surface area contributed by atoms with E-state index in [0.29, 0.717) is 12.8 Å². The Labute approximate surface area is 518 Å². The highest BCUT2D eigenvalue weighted by atomic mass is 31.2. The van der Waals surface area contributed by atoms with Gasteiger partial charge in [0.15, 0.2) is 6.10 Å². The molecule has 0 bridgehead atoms. The number of allylic oxidation sites excluding steroid dienone is 34. The van der Waals surface area contributed by atoms with E-state index >= 15 is 0 Å². The molecule has 474 valence electrons. The summed E-state index contributed by atoms with van der Waals surface area (Å²) in [6, 6.07) is 0. The van der Waals surface area contributed by atoms with Crippen LogP contribution in [0, 0.1) is 0 Å². The Bertz CT molecular complexity index is 2140. The van der Waals surface area contributed by atoms with Gasteiger partial charge in [0.1, 0.15) is 6.61 Å².